The highest BCUT2D eigenvalue weighted by Crippen LogP contribution is 2.34. The predicted molar refractivity (Wildman–Crippen MR) is 113 cm³/mol. The molecule has 0 saturated carbocycles. The molecule has 0 aromatic heterocycles. The number of hydrogen-bond acceptors (Lipinski definition) is 1. The third kappa shape index (κ3) is 4.00. The van der Waals surface area contributed by atoms with Crippen molar-refractivity contribution in [2.75, 3.05) is 13.1 Å². The standard InChI is InChI=1S/C24H24ClN/c1-3-26(4-2)24(21-13-9-6-10-14-21)23(19-11-7-5-8-12-19)20-15-17-22(25)18-16-20/h5-18H,3-4H2,1-2H3/b24-23-. The molecule has 3 rings (SSSR count). The first-order valence-corrected chi connectivity index (χ1v) is 9.48. The summed E-state index contributed by atoms with van der Waals surface area (Å²) >= 11 is 6.15. The lowest BCUT2D eigenvalue weighted by atomic mass is 9.92. The Hall–Kier alpha value is -2.51. The molecular weight excluding hydrogens is 338 g/mol. The minimum atomic E-state index is 0.755. The van der Waals surface area contributed by atoms with E-state index in [1.165, 1.54) is 28.0 Å². The Kier molecular flexibility index (Phi) is 6.14. The Morgan fingerprint density at radius 3 is 1.62 bits per heavy atom. The fourth-order valence-electron chi connectivity index (χ4n) is 3.28. The average Bonchev–Trinajstić information content (AvgIpc) is 2.70. The maximum absolute atomic E-state index is 6.15. The van der Waals surface area contributed by atoms with Gasteiger partial charge in [-0.3, -0.25) is 0 Å². The van der Waals surface area contributed by atoms with E-state index in [0.717, 1.165) is 18.1 Å². The van der Waals surface area contributed by atoms with Crippen molar-refractivity contribution >= 4 is 22.9 Å². The van der Waals surface area contributed by atoms with E-state index < -0.39 is 0 Å². The minimum Gasteiger partial charge on any atom is -0.371 e. The van der Waals surface area contributed by atoms with Gasteiger partial charge in [0, 0.05) is 23.7 Å². The van der Waals surface area contributed by atoms with Crippen LogP contribution < -0.4 is 0 Å². The van der Waals surface area contributed by atoms with Gasteiger partial charge in [-0.05, 0) is 42.7 Å². The second kappa shape index (κ2) is 8.73. The van der Waals surface area contributed by atoms with E-state index in [0.29, 0.717) is 0 Å². The molecule has 0 N–H and O–H groups in total. The zero-order chi connectivity index (χ0) is 18.4. The van der Waals surface area contributed by atoms with Gasteiger partial charge in [-0.1, -0.05) is 84.4 Å². The lowest BCUT2D eigenvalue weighted by Gasteiger charge is -2.29. The van der Waals surface area contributed by atoms with E-state index in [1.807, 2.05) is 12.1 Å². The summed E-state index contributed by atoms with van der Waals surface area (Å²) < 4.78 is 0. The summed E-state index contributed by atoms with van der Waals surface area (Å²) in [5.74, 6) is 0. The van der Waals surface area contributed by atoms with E-state index in [9.17, 15) is 0 Å². The summed E-state index contributed by atoms with van der Waals surface area (Å²) in [5.41, 5.74) is 6.10. The van der Waals surface area contributed by atoms with Gasteiger partial charge in [0.15, 0.2) is 0 Å². The molecule has 0 spiro atoms. The minimum absolute atomic E-state index is 0.755. The van der Waals surface area contributed by atoms with E-state index in [1.54, 1.807) is 0 Å². The van der Waals surface area contributed by atoms with Gasteiger partial charge in [0.2, 0.25) is 0 Å². The van der Waals surface area contributed by atoms with Crippen LogP contribution in [-0.2, 0) is 0 Å². The highest BCUT2D eigenvalue weighted by Gasteiger charge is 2.18. The van der Waals surface area contributed by atoms with Gasteiger partial charge in [-0.2, -0.15) is 0 Å². The smallest absolute Gasteiger partial charge is 0.0525 e. The van der Waals surface area contributed by atoms with E-state index in [2.05, 4.69) is 91.5 Å². The molecule has 132 valence electrons. The Labute approximate surface area is 161 Å². The van der Waals surface area contributed by atoms with Crippen molar-refractivity contribution in [2.45, 2.75) is 13.8 Å². The molecular formula is C24H24ClN. The summed E-state index contributed by atoms with van der Waals surface area (Å²) in [7, 11) is 0. The van der Waals surface area contributed by atoms with Crippen molar-refractivity contribution < 1.29 is 0 Å². The lowest BCUT2D eigenvalue weighted by Crippen LogP contribution is -2.22. The Morgan fingerprint density at radius 1 is 0.654 bits per heavy atom. The number of rotatable bonds is 6. The van der Waals surface area contributed by atoms with Crippen LogP contribution >= 0.6 is 11.6 Å². The molecule has 0 fully saturated rings. The third-order valence-electron chi connectivity index (χ3n) is 4.56. The topological polar surface area (TPSA) is 3.24 Å². The first-order valence-electron chi connectivity index (χ1n) is 9.10. The third-order valence-corrected chi connectivity index (χ3v) is 4.81. The largest absolute Gasteiger partial charge is 0.371 e. The van der Waals surface area contributed by atoms with Crippen LogP contribution in [0.2, 0.25) is 5.02 Å². The molecule has 0 aliphatic carbocycles. The zero-order valence-electron chi connectivity index (χ0n) is 15.3. The Bertz CT molecular complexity index is 848. The van der Waals surface area contributed by atoms with Crippen LogP contribution in [0.1, 0.15) is 30.5 Å². The van der Waals surface area contributed by atoms with Crippen molar-refractivity contribution in [1.29, 1.82) is 0 Å². The maximum Gasteiger partial charge on any atom is 0.0525 e. The molecule has 2 heteroatoms. The average molecular weight is 362 g/mol. The molecule has 0 aliphatic rings. The van der Waals surface area contributed by atoms with Crippen LogP contribution in [0.5, 0.6) is 0 Å². The summed E-state index contributed by atoms with van der Waals surface area (Å²) in [5, 5.41) is 0.755. The molecule has 0 atom stereocenters. The van der Waals surface area contributed by atoms with Crippen molar-refractivity contribution in [3.05, 3.63) is 107 Å². The van der Waals surface area contributed by atoms with Gasteiger partial charge in [0.05, 0.1) is 5.70 Å². The van der Waals surface area contributed by atoms with Crippen LogP contribution in [0.15, 0.2) is 84.9 Å². The van der Waals surface area contributed by atoms with Gasteiger partial charge < -0.3 is 4.90 Å². The molecule has 0 radical (unpaired) electrons. The van der Waals surface area contributed by atoms with Crippen molar-refractivity contribution in [3.63, 3.8) is 0 Å². The summed E-state index contributed by atoms with van der Waals surface area (Å²) in [4.78, 5) is 2.42. The molecule has 0 unspecified atom stereocenters. The van der Waals surface area contributed by atoms with Crippen LogP contribution in [0.3, 0.4) is 0 Å². The molecule has 0 heterocycles. The van der Waals surface area contributed by atoms with Gasteiger partial charge in [-0.25, -0.2) is 0 Å². The number of hydrogen-bond donors (Lipinski definition) is 0. The molecule has 0 aliphatic heterocycles. The van der Waals surface area contributed by atoms with Crippen LogP contribution in [0.25, 0.3) is 11.3 Å². The van der Waals surface area contributed by atoms with Crippen LogP contribution in [0.4, 0.5) is 0 Å². The zero-order valence-corrected chi connectivity index (χ0v) is 16.1. The van der Waals surface area contributed by atoms with Crippen LogP contribution in [0, 0.1) is 0 Å². The normalized spacial score (nSPS) is 11.8. The van der Waals surface area contributed by atoms with E-state index >= 15 is 0 Å². The van der Waals surface area contributed by atoms with Gasteiger partial charge in [0.1, 0.15) is 0 Å². The van der Waals surface area contributed by atoms with Gasteiger partial charge >= 0.3 is 0 Å². The first kappa shape index (κ1) is 18.3. The van der Waals surface area contributed by atoms with Gasteiger partial charge in [0.25, 0.3) is 0 Å². The molecule has 0 bridgehead atoms. The van der Waals surface area contributed by atoms with Crippen LogP contribution in [-0.4, -0.2) is 18.0 Å². The van der Waals surface area contributed by atoms with Crippen molar-refractivity contribution in [3.8, 4) is 0 Å². The monoisotopic (exact) mass is 361 g/mol. The predicted octanol–water partition coefficient (Wildman–Crippen LogP) is 6.60. The Morgan fingerprint density at radius 2 is 1.12 bits per heavy atom. The highest BCUT2D eigenvalue weighted by atomic mass is 35.5. The van der Waals surface area contributed by atoms with Crippen molar-refractivity contribution in [1.82, 2.24) is 4.90 Å². The first-order chi connectivity index (χ1) is 12.7. The summed E-state index contributed by atoms with van der Waals surface area (Å²) in [6, 6.07) is 29.4. The molecule has 1 nitrogen and oxygen atoms in total. The molecule has 26 heavy (non-hydrogen) atoms. The SMILES string of the molecule is CCN(CC)/C(=C(/c1ccccc1)c1ccc(Cl)cc1)c1ccccc1. The molecule has 3 aromatic carbocycles. The quantitative estimate of drug-likeness (QED) is 0.447. The van der Waals surface area contributed by atoms with E-state index in [4.69, 9.17) is 11.6 Å². The number of benzene rings is 3. The lowest BCUT2D eigenvalue weighted by molar-refractivity contribution is 0.443. The number of nitrogens with zero attached hydrogens (tertiary/aromatic N) is 1. The molecule has 0 saturated heterocycles. The fraction of sp³-hybridized carbons (Fsp3) is 0.167. The van der Waals surface area contributed by atoms with E-state index in [-0.39, 0.29) is 0 Å². The number of halogens is 1. The maximum atomic E-state index is 6.15. The molecule has 0 amide bonds. The Balaban J connectivity index is 2.34. The van der Waals surface area contributed by atoms with Crippen molar-refractivity contribution in [2.24, 2.45) is 0 Å². The highest BCUT2D eigenvalue weighted by molar-refractivity contribution is 6.30. The summed E-state index contributed by atoms with van der Waals surface area (Å²) in [6.07, 6.45) is 0. The molecule has 3 aromatic rings. The summed E-state index contributed by atoms with van der Waals surface area (Å²) in [6.45, 7) is 6.31. The second-order valence-electron chi connectivity index (χ2n) is 6.13. The second-order valence-corrected chi connectivity index (χ2v) is 6.57. The van der Waals surface area contributed by atoms with Gasteiger partial charge in [-0.15, -0.1) is 0 Å². The fourth-order valence-corrected chi connectivity index (χ4v) is 3.41.